The minimum atomic E-state index is -0.178. The van der Waals surface area contributed by atoms with Crippen molar-refractivity contribution in [2.45, 2.75) is 0 Å². The van der Waals surface area contributed by atoms with Gasteiger partial charge in [-0.15, -0.1) is 0 Å². The van der Waals surface area contributed by atoms with Crippen LogP contribution in [0.4, 0.5) is 0 Å². The molecule has 2 fully saturated rings. The number of hydrogen-bond acceptors (Lipinski definition) is 2. The fourth-order valence-corrected chi connectivity index (χ4v) is 3.74. The minimum absolute atomic E-state index is 0. The number of amides is 2. The van der Waals surface area contributed by atoms with Gasteiger partial charge in [-0.2, -0.15) is 0 Å². The third-order valence-corrected chi connectivity index (χ3v) is 4.45. The molecule has 6 unspecified atom stereocenters. The Bertz CT molecular complexity index is 404. The summed E-state index contributed by atoms with van der Waals surface area (Å²) in [6.45, 7) is 0. The van der Waals surface area contributed by atoms with Crippen LogP contribution in [-0.2, 0) is 9.59 Å². The molecule has 0 radical (unpaired) electrons. The van der Waals surface area contributed by atoms with Gasteiger partial charge < -0.3 is 14.9 Å². The average molecular weight is 286 g/mol. The van der Waals surface area contributed by atoms with E-state index in [1.165, 1.54) is 0 Å². The second-order valence-corrected chi connectivity index (χ2v) is 4.92. The van der Waals surface area contributed by atoms with E-state index in [1.54, 1.807) is 0 Å². The van der Waals surface area contributed by atoms with E-state index in [0.717, 1.165) is 0 Å². The molecular formula is C12H10NO2Rb. The summed E-state index contributed by atoms with van der Waals surface area (Å²) in [5.74, 6) is 0.816. The summed E-state index contributed by atoms with van der Waals surface area (Å²) in [5.41, 5.74) is 0. The number of imide groups is 1. The van der Waals surface area contributed by atoms with E-state index in [9.17, 15) is 9.59 Å². The van der Waals surface area contributed by atoms with Gasteiger partial charge in [-0.25, -0.2) is 0 Å². The predicted octanol–water partition coefficient (Wildman–Crippen LogP) is -1.72. The van der Waals surface area contributed by atoms with E-state index in [1.807, 2.05) is 0 Å². The van der Waals surface area contributed by atoms with Crippen molar-refractivity contribution < 1.29 is 67.8 Å². The molecule has 0 aromatic carbocycles. The molecule has 5 aliphatic rings. The molecule has 5 rings (SSSR count). The van der Waals surface area contributed by atoms with Crippen LogP contribution in [0.25, 0.3) is 5.32 Å². The van der Waals surface area contributed by atoms with Gasteiger partial charge in [0, 0.05) is 11.8 Å². The van der Waals surface area contributed by atoms with Gasteiger partial charge in [0.05, 0.1) is 11.8 Å². The van der Waals surface area contributed by atoms with E-state index in [0.29, 0.717) is 11.8 Å². The van der Waals surface area contributed by atoms with Gasteiger partial charge in [0.2, 0.25) is 0 Å². The summed E-state index contributed by atoms with van der Waals surface area (Å²) in [6.07, 6.45) is 8.61. The first-order valence-corrected chi connectivity index (χ1v) is 5.43. The Labute approximate surface area is 143 Å². The van der Waals surface area contributed by atoms with Crippen LogP contribution in [0.15, 0.2) is 24.3 Å². The molecule has 1 aliphatic heterocycles. The molecule has 0 spiro atoms. The van der Waals surface area contributed by atoms with E-state index >= 15 is 0 Å². The van der Waals surface area contributed by atoms with Gasteiger partial charge in [-0.1, -0.05) is 24.3 Å². The fourth-order valence-electron chi connectivity index (χ4n) is 3.74. The maximum atomic E-state index is 11.6. The molecule has 1 heterocycles. The van der Waals surface area contributed by atoms with Crippen molar-refractivity contribution in [2.75, 3.05) is 0 Å². The number of hydrogen-bond donors (Lipinski definition) is 0. The SMILES string of the molecule is O=C1[N-]C(=O)C2C3C=CC(C4C=CC43)C12.[Rb+]. The first-order valence-electron chi connectivity index (χ1n) is 5.43. The zero-order valence-corrected chi connectivity index (χ0v) is 14.0. The molecule has 0 aromatic heterocycles. The first kappa shape index (κ1) is 11.5. The Kier molecular flexibility index (Phi) is 2.67. The molecule has 6 atom stereocenters. The summed E-state index contributed by atoms with van der Waals surface area (Å²) in [5, 5.41) is 3.63. The molecule has 3 nitrogen and oxygen atoms in total. The maximum Gasteiger partial charge on any atom is 1.00 e. The van der Waals surface area contributed by atoms with Crippen molar-refractivity contribution in [1.29, 1.82) is 0 Å². The fraction of sp³-hybridized carbons (Fsp3) is 0.500. The Morgan fingerprint density at radius 3 is 1.50 bits per heavy atom. The monoisotopic (exact) mass is 285 g/mol. The summed E-state index contributed by atoms with van der Waals surface area (Å²) >= 11 is 0. The van der Waals surface area contributed by atoms with Crippen molar-refractivity contribution in [3.8, 4) is 0 Å². The van der Waals surface area contributed by atoms with Crippen molar-refractivity contribution in [1.82, 2.24) is 0 Å². The smallest absolute Gasteiger partial charge is 0.595 e. The molecule has 0 aromatic rings. The second-order valence-electron chi connectivity index (χ2n) is 4.92. The molecule has 76 valence electrons. The Balaban J connectivity index is 0.000000810. The number of allylic oxidation sites excluding steroid dienone is 4. The topological polar surface area (TPSA) is 48.2 Å². The quantitative estimate of drug-likeness (QED) is 0.393. The average Bonchev–Trinajstić information content (AvgIpc) is 2.44. The van der Waals surface area contributed by atoms with Crippen LogP contribution >= 0.6 is 0 Å². The zero-order chi connectivity index (χ0) is 10.2. The van der Waals surface area contributed by atoms with Gasteiger partial charge in [-0.05, 0) is 23.7 Å². The molecule has 2 bridgehead atoms. The summed E-state index contributed by atoms with van der Waals surface area (Å²) in [7, 11) is 0. The molecule has 16 heavy (non-hydrogen) atoms. The summed E-state index contributed by atoms with van der Waals surface area (Å²) in [6, 6.07) is 0. The molecule has 4 heteroatoms. The van der Waals surface area contributed by atoms with Gasteiger partial charge in [0.1, 0.15) is 0 Å². The molecule has 4 aliphatic carbocycles. The van der Waals surface area contributed by atoms with Crippen molar-refractivity contribution in [3.05, 3.63) is 29.6 Å². The van der Waals surface area contributed by atoms with Crippen molar-refractivity contribution in [3.63, 3.8) is 0 Å². The largest absolute Gasteiger partial charge is 1.00 e. The van der Waals surface area contributed by atoms with Crippen LogP contribution in [-0.4, -0.2) is 11.8 Å². The van der Waals surface area contributed by atoms with Gasteiger partial charge in [-0.3, -0.25) is 0 Å². The Hall–Kier alpha value is 0.425. The van der Waals surface area contributed by atoms with Crippen LogP contribution in [0.5, 0.6) is 0 Å². The number of nitrogens with zero attached hydrogens (tertiary/aromatic N) is 1. The van der Waals surface area contributed by atoms with E-state index in [2.05, 4.69) is 29.6 Å². The summed E-state index contributed by atoms with van der Waals surface area (Å²) in [4.78, 5) is 23.3. The molecular weight excluding hydrogens is 276 g/mol. The number of carbonyl (C=O) groups is 2. The van der Waals surface area contributed by atoms with Crippen LogP contribution in [0.3, 0.4) is 0 Å². The van der Waals surface area contributed by atoms with Crippen LogP contribution < -0.4 is 58.2 Å². The van der Waals surface area contributed by atoms with Gasteiger partial charge in [0.15, 0.2) is 0 Å². The third-order valence-electron chi connectivity index (χ3n) is 4.45. The van der Waals surface area contributed by atoms with Crippen molar-refractivity contribution in [2.24, 2.45) is 35.5 Å². The summed E-state index contributed by atoms with van der Waals surface area (Å²) < 4.78 is 0. The van der Waals surface area contributed by atoms with Gasteiger partial charge >= 0.3 is 58.2 Å². The molecule has 2 amide bonds. The van der Waals surface area contributed by atoms with E-state index in [-0.39, 0.29) is 93.7 Å². The van der Waals surface area contributed by atoms with Crippen LogP contribution in [0, 0.1) is 35.5 Å². The first-order chi connectivity index (χ1) is 7.27. The standard InChI is InChI=1S/C12H11NO2.Rb/c14-11-9-7-3-4-8(6-2-1-5(6)7)10(9)12(15)13-11;/h1-10H,(H,13,14,15);/q;+1/p-1. The van der Waals surface area contributed by atoms with Crippen LogP contribution in [0.2, 0.25) is 0 Å². The van der Waals surface area contributed by atoms with E-state index in [4.69, 9.17) is 0 Å². The predicted molar refractivity (Wildman–Crippen MR) is 52.6 cm³/mol. The minimum Gasteiger partial charge on any atom is -0.595 e. The number of rotatable bonds is 0. The molecule has 1 saturated heterocycles. The van der Waals surface area contributed by atoms with Crippen molar-refractivity contribution >= 4 is 11.8 Å². The maximum absolute atomic E-state index is 11.6. The number of carbonyl (C=O) groups excluding carboxylic acids is 2. The normalized spacial score (nSPS) is 50.2. The van der Waals surface area contributed by atoms with E-state index < -0.39 is 0 Å². The molecule has 1 saturated carbocycles. The third kappa shape index (κ3) is 1.21. The van der Waals surface area contributed by atoms with Crippen LogP contribution in [0.1, 0.15) is 0 Å². The van der Waals surface area contributed by atoms with Gasteiger partial charge in [0.25, 0.3) is 0 Å². The zero-order valence-electron chi connectivity index (χ0n) is 9.04. The Morgan fingerprint density at radius 2 is 1.12 bits per heavy atom. The molecule has 0 N–H and O–H groups in total. The second kappa shape index (κ2) is 3.71. The Morgan fingerprint density at radius 1 is 0.750 bits per heavy atom.